The average molecular weight is 529 g/mol. The van der Waals surface area contributed by atoms with Crippen molar-refractivity contribution in [2.45, 2.75) is 45.6 Å². The molecular formula is C28H32N8O3. The van der Waals surface area contributed by atoms with Gasteiger partial charge in [-0.05, 0) is 43.9 Å². The molecule has 0 aliphatic carbocycles. The Morgan fingerprint density at radius 1 is 1.18 bits per heavy atom. The van der Waals surface area contributed by atoms with Gasteiger partial charge in [0.2, 0.25) is 5.95 Å². The van der Waals surface area contributed by atoms with Gasteiger partial charge >= 0.3 is 0 Å². The number of rotatable bonds is 9. The Hall–Kier alpha value is -4.38. The van der Waals surface area contributed by atoms with E-state index in [4.69, 9.17) is 14.5 Å². The summed E-state index contributed by atoms with van der Waals surface area (Å²) in [6.07, 6.45) is 6.88. The van der Waals surface area contributed by atoms with E-state index in [1.165, 1.54) is 0 Å². The quantitative estimate of drug-likeness (QED) is 0.259. The zero-order chi connectivity index (χ0) is 26.9. The molecule has 4 N–H and O–H groups in total. The maximum atomic E-state index is 13.4. The second kappa shape index (κ2) is 10.4. The molecule has 11 nitrogen and oxygen atoms in total. The van der Waals surface area contributed by atoms with E-state index in [1.54, 1.807) is 7.11 Å². The Bertz CT molecular complexity index is 1500. The first-order valence-electron chi connectivity index (χ1n) is 13.3. The molecule has 39 heavy (non-hydrogen) atoms. The van der Waals surface area contributed by atoms with Crippen molar-refractivity contribution in [3.05, 3.63) is 64.9 Å². The van der Waals surface area contributed by atoms with Gasteiger partial charge in [0.25, 0.3) is 5.91 Å². The molecule has 1 fully saturated rings. The number of aromatic amines is 1. The lowest BCUT2D eigenvalue weighted by Crippen LogP contribution is -2.50. The van der Waals surface area contributed by atoms with Crippen LogP contribution in [0.2, 0.25) is 0 Å². The van der Waals surface area contributed by atoms with Crippen molar-refractivity contribution in [1.82, 2.24) is 30.0 Å². The van der Waals surface area contributed by atoms with E-state index in [-0.39, 0.29) is 12.0 Å². The first kappa shape index (κ1) is 24.9. The summed E-state index contributed by atoms with van der Waals surface area (Å²) in [6, 6.07) is 7.52. The molecule has 0 radical (unpaired) electrons. The number of hydrogen-bond donors (Lipinski definition) is 4. The molecule has 4 aromatic rings. The van der Waals surface area contributed by atoms with Crippen molar-refractivity contribution < 1.29 is 14.3 Å². The maximum Gasteiger partial charge on any atom is 0.257 e. The van der Waals surface area contributed by atoms with E-state index >= 15 is 0 Å². The average Bonchev–Trinajstić information content (AvgIpc) is 3.55. The van der Waals surface area contributed by atoms with E-state index in [2.05, 4.69) is 31.1 Å². The number of methoxy groups -OCH3 is 1. The molecule has 11 heteroatoms. The van der Waals surface area contributed by atoms with E-state index in [0.29, 0.717) is 17.3 Å². The van der Waals surface area contributed by atoms with E-state index in [0.717, 1.165) is 84.4 Å². The molecule has 2 aliphatic rings. The van der Waals surface area contributed by atoms with Gasteiger partial charge in [-0.25, -0.2) is 4.98 Å². The lowest BCUT2D eigenvalue weighted by molar-refractivity contribution is 0.102. The summed E-state index contributed by atoms with van der Waals surface area (Å²) in [5.41, 5.74) is 5.89. The standard InChI is InChI=1S/C28H32N8O3/c1-4-20-25(21(5-2)35-34-20)32-27(37)19-10-11-36-23(19)9-6-16-13-30-28(33-26(16)36)31-22-8-7-17(12-24(22)38-3)39-18-14-29-15-18/h7-8,10-13,18,29H,4-6,9,14-15H2,1-3H3,(H,32,37)(H,34,35)(H,30,31,33). The second-order valence-corrected chi connectivity index (χ2v) is 9.66. The Morgan fingerprint density at radius 2 is 2.05 bits per heavy atom. The van der Waals surface area contributed by atoms with Gasteiger partial charge in [-0.3, -0.25) is 9.89 Å². The summed E-state index contributed by atoms with van der Waals surface area (Å²) in [7, 11) is 1.62. The van der Waals surface area contributed by atoms with Crippen LogP contribution in [0.25, 0.3) is 5.82 Å². The van der Waals surface area contributed by atoms with Gasteiger partial charge in [0.05, 0.1) is 35.4 Å². The van der Waals surface area contributed by atoms with Crippen LogP contribution in [-0.4, -0.2) is 56.9 Å². The fourth-order valence-electron chi connectivity index (χ4n) is 4.99. The maximum absolute atomic E-state index is 13.4. The molecular weight excluding hydrogens is 496 g/mol. The third-order valence-corrected chi connectivity index (χ3v) is 7.25. The summed E-state index contributed by atoms with van der Waals surface area (Å²) >= 11 is 0. The Kier molecular flexibility index (Phi) is 6.65. The smallest absolute Gasteiger partial charge is 0.257 e. The van der Waals surface area contributed by atoms with Crippen LogP contribution in [-0.2, 0) is 25.7 Å². The summed E-state index contributed by atoms with van der Waals surface area (Å²) in [5.74, 6) is 2.45. The summed E-state index contributed by atoms with van der Waals surface area (Å²) in [5, 5.41) is 17.0. The molecule has 0 atom stereocenters. The van der Waals surface area contributed by atoms with Crippen LogP contribution in [0.5, 0.6) is 11.5 Å². The minimum Gasteiger partial charge on any atom is -0.494 e. The van der Waals surface area contributed by atoms with E-state index in [9.17, 15) is 4.79 Å². The third-order valence-electron chi connectivity index (χ3n) is 7.25. The second-order valence-electron chi connectivity index (χ2n) is 9.66. The number of carbonyl (C=O) groups excluding carboxylic acids is 1. The molecule has 0 saturated carbocycles. The predicted molar refractivity (Wildman–Crippen MR) is 148 cm³/mol. The number of benzene rings is 1. The number of nitrogens with zero attached hydrogens (tertiary/aromatic N) is 4. The minimum atomic E-state index is -0.143. The number of anilines is 3. The summed E-state index contributed by atoms with van der Waals surface area (Å²) in [4.78, 5) is 22.7. The molecule has 6 rings (SSSR count). The van der Waals surface area contributed by atoms with Gasteiger partial charge in [-0.2, -0.15) is 10.1 Å². The number of fused-ring (bicyclic) bond motifs is 3. The molecule has 0 bridgehead atoms. The molecule has 0 unspecified atom stereocenters. The van der Waals surface area contributed by atoms with Gasteiger partial charge < -0.3 is 30.0 Å². The van der Waals surface area contributed by atoms with Gasteiger partial charge in [0.15, 0.2) is 0 Å². The van der Waals surface area contributed by atoms with Crippen molar-refractivity contribution >= 4 is 23.2 Å². The number of amides is 1. The van der Waals surface area contributed by atoms with Gasteiger partial charge in [-0.1, -0.05) is 13.8 Å². The summed E-state index contributed by atoms with van der Waals surface area (Å²) < 4.78 is 13.5. The van der Waals surface area contributed by atoms with Crippen LogP contribution in [0.4, 0.5) is 17.3 Å². The first-order valence-corrected chi connectivity index (χ1v) is 13.3. The Balaban J connectivity index is 1.24. The van der Waals surface area contributed by atoms with Gasteiger partial charge in [0.1, 0.15) is 23.4 Å². The minimum absolute atomic E-state index is 0.143. The van der Waals surface area contributed by atoms with Crippen molar-refractivity contribution in [2.75, 3.05) is 30.8 Å². The summed E-state index contributed by atoms with van der Waals surface area (Å²) in [6.45, 7) is 5.76. The molecule has 1 saturated heterocycles. The number of H-pyrrole nitrogens is 1. The monoisotopic (exact) mass is 528 g/mol. The van der Waals surface area contributed by atoms with Crippen LogP contribution < -0.4 is 25.4 Å². The number of aromatic nitrogens is 5. The number of nitrogens with one attached hydrogen (secondary N) is 4. The topological polar surface area (TPSA) is 131 Å². The largest absolute Gasteiger partial charge is 0.494 e. The van der Waals surface area contributed by atoms with Crippen molar-refractivity contribution in [3.8, 4) is 17.3 Å². The SMILES string of the molecule is CCc1n[nH]c(CC)c1NC(=O)c1ccn2c1CCc1cnc(Nc3ccc(OC4CNC4)cc3OC)nc1-2. The third kappa shape index (κ3) is 4.69. The van der Waals surface area contributed by atoms with Crippen molar-refractivity contribution in [3.63, 3.8) is 0 Å². The fraction of sp³-hybridized carbons (Fsp3) is 0.357. The number of aryl methyl sites for hydroxylation is 3. The fourth-order valence-corrected chi connectivity index (χ4v) is 4.99. The van der Waals surface area contributed by atoms with Crippen LogP contribution in [0, 0.1) is 0 Å². The zero-order valence-electron chi connectivity index (χ0n) is 22.3. The van der Waals surface area contributed by atoms with Gasteiger partial charge in [0, 0.05) is 42.8 Å². The molecule has 3 aromatic heterocycles. The highest BCUT2D eigenvalue weighted by Crippen LogP contribution is 2.33. The van der Waals surface area contributed by atoms with Crippen LogP contribution in [0.15, 0.2) is 36.7 Å². The zero-order valence-corrected chi connectivity index (χ0v) is 22.3. The number of ether oxygens (including phenoxy) is 2. The van der Waals surface area contributed by atoms with Crippen molar-refractivity contribution in [2.24, 2.45) is 0 Å². The van der Waals surface area contributed by atoms with Crippen LogP contribution >= 0.6 is 0 Å². The van der Waals surface area contributed by atoms with E-state index in [1.807, 2.05) is 55.1 Å². The van der Waals surface area contributed by atoms with E-state index < -0.39 is 0 Å². The molecule has 1 amide bonds. The van der Waals surface area contributed by atoms with Crippen molar-refractivity contribution in [1.29, 1.82) is 0 Å². The highest BCUT2D eigenvalue weighted by Gasteiger charge is 2.25. The molecule has 202 valence electrons. The predicted octanol–water partition coefficient (Wildman–Crippen LogP) is 3.57. The van der Waals surface area contributed by atoms with Gasteiger partial charge in [-0.15, -0.1) is 0 Å². The number of carbonyl (C=O) groups is 1. The Morgan fingerprint density at radius 3 is 2.79 bits per heavy atom. The Labute approximate surface area is 226 Å². The molecule has 2 aliphatic heterocycles. The molecule has 0 spiro atoms. The lowest BCUT2D eigenvalue weighted by Gasteiger charge is -2.28. The lowest BCUT2D eigenvalue weighted by atomic mass is 10.0. The molecule has 1 aromatic carbocycles. The normalized spacial score (nSPS) is 14.2. The highest BCUT2D eigenvalue weighted by molar-refractivity contribution is 6.06. The number of hydrogen-bond acceptors (Lipinski definition) is 8. The molecule has 5 heterocycles. The highest BCUT2D eigenvalue weighted by atomic mass is 16.5. The van der Waals surface area contributed by atoms with Crippen LogP contribution in [0.3, 0.4) is 0 Å². The first-order chi connectivity index (χ1) is 19.1. The van der Waals surface area contributed by atoms with Crippen LogP contribution in [0.1, 0.15) is 46.9 Å².